The Labute approximate surface area is 101 Å². The molecule has 2 heteroatoms. The van der Waals surface area contributed by atoms with Crippen LogP contribution < -0.4 is 0 Å². The number of fused-ring (bicyclic) bond motifs is 3. The van der Waals surface area contributed by atoms with Gasteiger partial charge in [0.25, 0.3) is 0 Å². The Hall–Kier alpha value is -0.860. The van der Waals surface area contributed by atoms with Gasteiger partial charge in [-0.1, -0.05) is 30.3 Å². The maximum atomic E-state index is 3.61. The van der Waals surface area contributed by atoms with Crippen molar-refractivity contribution in [3.05, 3.63) is 46.4 Å². The van der Waals surface area contributed by atoms with E-state index in [0.717, 1.165) is 0 Å². The summed E-state index contributed by atoms with van der Waals surface area (Å²) in [6.45, 7) is 2.17. The highest BCUT2D eigenvalue weighted by Crippen LogP contribution is 2.39. The highest BCUT2D eigenvalue weighted by Gasteiger charge is 2.07. The minimum absolute atomic E-state index is 1.20. The van der Waals surface area contributed by atoms with Gasteiger partial charge in [0.1, 0.15) is 0 Å². The number of hydrogen-bond donors (Lipinski definition) is 0. The van der Waals surface area contributed by atoms with Crippen LogP contribution in [0.5, 0.6) is 0 Å². The Balaban J connectivity index is 2.63. The molecule has 74 valence electrons. The monoisotopic (exact) mass is 276 g/mol. The van der Waals surface area contributed by atoms with Gasteiger partial charge in [0.05, 0.1) is 0 Å². The summed E-state index contributed by atoms with van der Waals surface area (Å²) in [5.41, 5.74) is 1.36. The average molecular weight is 277 g/mol. The fourth-order valence-corrected chi connectivity index (χ4v) is 3.71. The van der Waals surface area contributed by atoms with Crippen molar-refractivity contribution >= 4 is 47.4 Å². The fraction of sp³-hybridized carbons (Fsp3) is 0.0769. The van der Waals surface area contributed by atoms with Crippen molar-refractivity contribution in [3.8, 4) is 0 Å². The van der Waals surface area contributed by atoms with E-state index < -0.39 is 0 Å². The van der Waals surface area contributed by atoms with Gasteiger partial charge in [-0.25, -0.2) is 0 Å². The van der Waals surface area contributed by atoms with Crippen molar-refractivity contribution in [2.45, 2.75) is 6.92 Å². The molecular formula is C13H9BrS. The highest BCUT2D eigenvalue weighted by molar-refractivity contribution is 9.10. The molecule has 0 amide bonds. The van der Waals surface area contributed by atoms with Crippen LogP contribution in [0.3, 0.4) is 0 Å². The molecule has 0 nitrogen and oxygen atoms in total. The summed E-state index contributed by atoms with van der Waals surface area (Å²) in [6, 6.07) is 12.9. The first-order valence-electron chi connectivity index (χ1n) is 4.84. The van der Waals surface area contributed by atoms with Crippen molar-refractivity contribution in [2.24, 2.45) is 0 Å². The molecule has 0 bridgehead atoms. The molecule has 0 saturated heterocycles. The quantitative estimate of drug-likeness (QED) is 0.534. The smallest absolute Gasteiger partial charge is 0.0497 e. The summed E-state index contributed by atoms with van der Waals surface area (Å²) >= 11 is 5.48. The van der Waals surface area contributed by atoms with E-state index in [1.807, 2.05) is 11.3 Å². The van der Waals surface area contributed by atoms with Gasteiger partial charge in [0, 0.05) is 24.6 Å². The predicted molar refractivity (Wildman–Crippen MR) is 71.8 cm³/mol. The summed E-state index contributed by atoms with van der Waals surface area (Å²) < 4.78 is 3.95. The lowest BCUT2D eigenvalue weighted by Crippen LogP contribution is -1.70. The van der Waals surface area contributed by atoms with Crippen LogP contribution in [0.25, 0.3) is 20.2 Å². The third-order valence-corrected chi connectivity index (χ3v) is 4.99. The standard InChI is InChI=1S/C13H9BrS/c1-8-4-2-5-9-10-6-3-7-11(14)13(10)15-12(8)9/h2-7H,1H3. The second-order valence-electron chi connectivity index (χ2n) is 3.67. The topological polar surface area (TPSA) is 0 Å². The molecule has 1 heterocycles. The van der Waals surface area contributed by atoms with Crippen molar-refractivity contribution in [1.29, 1.82) is 0 Å². The molecule has 15 heavy (non-hydrogen) atoms. The number of halogens is 1. The molecule has 0 unspecified atom stereocenters. The van der Waals surface area contributed by atoms with Gasteiger partial charge >= 0.3 is 0 Å². The maximum Gasteiger partial charge on any atom is 0.0497 e. The van der Waals surface area contributed by atoms with Gasteiger partial charge in [-0.3, -0.25) is 0 Å². The third kappa shape index (κ3) is 1.32. The van der Waals surface area contributed by atoms with E-state index in [2.05, 4.69) is 59.3 Å². The summed E-state index contributed by atoms with van der Waals surface area (Å²) in [7, 11) is 0. The van der Waals surface area contributed by atoms with Crippen molar-refractivity contribution in [2.75, 3.05) is 0 Å². The molecule has 0 N–H and O–H groups in total. The first-order chi connectivity index (χ1) is 7.27. The Morgan fingerprint density at radius 2 is 1.60 bits per heavy atom. The minimum atomic E-state index is 1.20. The number of aryl methyl sites for hydroxylation is 1. The molecule has 0 atom stereocenters. The summed E-state index contributed by atoms with van der Waals surface area (Å²) in [6.07, 6.45) is 0. The Kier molecular flexibility index (Phi) is 2.08. The first-order valence-corrected chi connectivity index (χ1v) is 6.44. The second kappa shape index (κ2) is 3.32. The van der Waals surface area contributed by atoms with Crippen LogP contribution in [0.4, 0.5) is 0 Å². The summed E-state index contributed by atoms with van der Waals surface area (Å²) in [5, 5.41) is 2.73. The van der Waals surface area contributed by atoms with Crippen LogP contribution in [-0.2, 0) is 0 Å². The van der Waals surface area contributed by atoms with Crippen LogP contribution in [0, 0.1) is 6.92 Å². The molecule has 0 spiro atoms. The number of rotatable bonds is 0. The van der Waals surface area contributed by atoms with Gasteiger partial charge in [0.15, 0.2) is 0 Å². The van der Waals surface area contributed by atoms with Crippen LogP contribution in [0.15, 0.2) is 40.9 Å². The molecule has 0 aliphatic rings. The van der Waals surface area contributed by atoms with E-state index in [0.29, 0.717) is 0 Å². The van der Waals surface area contributed by atoms with Gasteiger partial charge in [-0.15, -0.1) is 11.3 Å². The molecule has 2 aromatic carbocycles. The lowest BCUT2D eigenvalue weighted by molar-refractivity contribution is 1.56. The molecule has 0 aliphatic carbocycles. The fourth-order valence-electron chi connectivity index (χ4n) is 1.93. The van der Waals surface area contributed by atoms with E-state index in [9.17, 15) is 0 Å². The lowest BCUT2D eigenvalue weighted by Gasteiger charge is -1.94. The molecule has 3 aromatic rings. The van der Waals surface area contributed by atoms with Gasteiger partial charge in [0.2, 0.25) is 0 Å². The number of thiophene rings is 1. The minimum Gasteiger partial charge on any atom is -0.134 e. The molecular weight excluding hydrogens is 268 g/mol. The Morgan fingerprint density at radius 1 is 0.933 bits per heavy atom. The Bertz CT molecular complexity index is 596. The van der Waals surface area contributed by atoms with E-state index >= 15 is 0 Å². The van der Waals surface area contributed by atoms with E-state index in [1.165, 1.54) is 30.2 Å². The molecule has 0 radical (unpaired) electrons. The average Bonchev–Trinajstić information content (AvgIpc) is 2.60. The van der Waals surface area contributed by atoms with Crippen molar-refractivity contribution in [3.63, 3.8) is 0 Å². The van der Waals surface area contributed by atoms with E-state index in [1.54, 1.807) is 0 Å². The Morgan fingerprint density at radius 3 is 2.40 bits per heavy atom. The zero-order valence-corrected chi connectivity index (χ0v) is 10.7. The van der Waals surface area contributed by atoms with Crippen LogP contribution >= 0.6 is 27.3 Å². The van der Waals surface area contributed by atoms with Crippen LogP contribution in [-0.4, -0.2) is 0 Å². The molecule has 1 aromatic heterocycles. The third-order valence-electron chi connectivity index (χ3n) is 2.67. The number of hydrogen-bond acceptors (Lipinski definition) is 1. The summed E-state index contributed by atoms with van der Waals surface area (Å²) in [4.78, 5) is 0. The van der Waals surface area contributed by atoms with Gasteiger partial charge in [-0.05, 0) is 34.5 Å². The molecule has 3 rings (SSSR count). The lowest BCUT2D eigenvalue weighted by atomic mass is 10.1. The molecule has 0 saturated carbocycles. The predicted octanol–water partition coefficient (Wildman–Crippen LogP) is 5.13. The normalized spacial score (nSPS) is 11.3. The van der Waals surface area contributed by atoms with E-state index in [-0.39, 0.29) is 0 Å². The zero-order chi connectivity index (χ0) is 10.4. The largest absolute Gasteiger partial charge is 0.134 e. The number of benzene rings is 2. The first kappa shape index (κ1) is 9.37. The highest BCUT2D eigenvalue weighted by atomic mass is 79.9. The molecule has 0 aliphatic heterocycles. The van der Waals surface area contributed by atoms with Crippen molar-refractivity contribution < 1.29 is 0 Å². The summed E-state index contributed by atoms with van der Waals surface area (Å²) in [5.74, 6) is 0. The van der Waals surface area contributed by atoms with Gasteiger partial charge < -0.3 is 0 Å². The van der Waals surface area contributed by atoms with Crippen molar-refractivity contribution in [1.82, 2.24) is 0 Å². The second-order valence-corrected chi connectivity index (χ2v) is 5.55. The van der Waals surface area contributed by atoms with Crippen LogP contribution in [0.1, 0.15) is 5.56 Å². The maximum absolute atomic E-state index is 3.61. The van der Waals surface area contributed by atoms with Crippen LogP contribution in [0.2, 0.25) is 0 Å². The molecule has 0 fully saturated rings. The van der Waals surface area contributed by atoms with Gasteiger partial charge in [-0.2, -0.15) is 0 Å². The zero-order valence-electron chi connectivity index (χ0n) is 8.25. The SMILES string of the molecule is Cc1cccc2c1sc1c(Br)cccc12. The van der Waals surface area contributed by atoms with E-state index in [4.69, 9.17) is 0 Å².